The van der Waals surface area contributed by atoms with Gasteiger partial charge >= 0.3 is 5.97 Å². The lowest BCUT2D eigenvalue weighted by Crippen LogP contribution is -2.41. The molecule has 1 fully saturated rings. The second kappa shape index (κ2) is 7.09. The van der Waals surface area contributed by atoms with Gasteiger partial charge in [0.1, 0.15) is 10.8 Å². The molecule has 1 aliphatic rings. The van der Waals surface area contributed by atoms with Gasteiger partial charge in [-0.1, -0.05) is 48.9 Å². The molecule has 0 amide bonds. The van der Waals surface area contributed by atoms with Gasteiger partial charge in [-0.05, 0) is 43.5 Å². The summed E-state index contributed by atoms with van der Waals surface area (Å²) in [6.45, 7) is 5.76. The fraction of sp³-hybridized carbons (Fsp3) is 0.381. The second-order valence-corrected chi connectivity index (χ2v) is 9.07. The van der Waals surface area contributed by atoms with Crippen LogP contribution in [0.15, 0.2) is 53.4 Å². The van der Waals surface area contributed by atoms with Gasteiger partial charge < -0.3 is 10.5 Å². The Morgan fingerprint density at radius 1 is 1.07 bits per heavy atom. The zero-order chi connectivity index (χ0) is 19.8. The summed E-state index contributed by atoms with van der Waals surface area (Å²) in [5.41, 5.74) is 7.62. The predicted octanol–water partition coefficient (Wildman–Crippen LogP) is 2.76. The number of carbonyl (C=O) groups is 1. The summed E-state index contributed by atoms with van der Waals surface area (Å²) in [4.78, 5) is 12.7. The maximum absolute atomic E-state index is 13.2. The van der Waals surface area contributed by atoms with Crippen molar-refractivity contribution in [3.63, 3.8) is 0 Å². The molecule has 1 aliphatic carbocycles. The predicted molar refractivity (Wildman–Crippen MR) is 104 cm³/mol. The Morgan fingerprint density at radius 2 is 1.67 bits per heavy atom. The zero-order valence-electron chi connectivity index (χ0n) is 15.8. The first-order chi connectivity index (χ1) is 12.8. The smallest absolute Gasteiger partial charge is 0.328 e. The minimum absolute atomic E-state index is 0.149. The summed E-state index contributed by atoms with van der Waals surface area (Å²) < 4.78 is 31.6. The van der Waals surface area contributed by atoms with Gasteiger partial charge in [0.05, 0.1) is 11.5 Å². The van der Waals surface area contributed by atoms with Crippen molar-refractivity contribution in [2.45, 2.75) is 48.8 Å². The van der Waals surface area contributed by atoms with Gasteiger partial charge in [0, 0.05) is 5.92 Å². The van der Waals surface area contributed by atoms with Crippen molar-refractivity contribution in [2.75, 3.05) is 6.61 Å². The molecule has 0 spiro atoms. The fourth-order valence-corrected chi connectivity index (χ4v) is 5.82. The maximum Gasteiger partial charge on any atom is 0.328 e. The monoisotopic (exact) mass is 387 g/mol. The molecule has 0 radical (unpaired) electrons. The summed E-state index contributed by atoms with van der Waals surface area (Å²) in [7, 11) is -3.79. The Hall–Kier alpha value is -2.18. The third kappa shape index (κ3) is 3.28. The van der Waals surface area contributed by atoms with E-state index in [1.54, 1.807) is 31.2 Å². The molecule has 2 aromatic rings. The van der Waals surface area contributed by atoms with Crippen LogP contribution in [0.25, 0.3) is 0 Å². The maximum atomic E-state index is 13.2. The number of benzene rings is 2. The third-order valence-corrected chi connectivity index (χ3v) is 7.50. The normalized spacial score (nSPS) is 24.4. The van der Waals surface area contributed by atoms with Crippen LogP contribution in [0.5, 0.6) is 0 Å². The summed E-state index contributed by atoms with van der Waals surface area (Å²) in [5.74, 6) is -1.30. The highest BCUT2D eigenvalue weighted by atomic mass is 32.2. The number of hydrogen-bond acceptors (Lipinski definition) is 5. The van der Waals surface area contributed by atoms with Crippen LogP contribution in [-0.4, -0.2) is 31.8 Å². The van der Waals surface area contributed by atoms with Crippen LogP contribution in [0.1, 0.15) is 36.5 Å². The fourth-order valence-electron chi connectivity index (χ4n) is 3.60. The lowest BCUT2D eigenvalue weighted by atomic mass is 10.0. The van der Waals surface area contributed by atoms with Crippen LogP contribution in [-0.2, 0) is 25.8 Å². The number of ether oxygens (including phenoxy) is 1. The molecule has 3 rings (SSSR count). The van der Waals surface area contributed by atoms with E-state index in [1.165, 1.54) is 0 Å². The summed E-state index contributed by atoms with van der Waals surface area (Å²) >= 11 is 0. The van der Waals surface area contributed by atoms with Gasteiger partial charge in [-0.2, -0.15) is 0 Å². The molecule has 0 heterocycles. The lowest BCUT2D eigenvalue weighted by molar-refractivity contribution is -0.145. The molecule has 0 aliphatic heterocycles. The summed E-state index contributed by atoms with van der Waals surface area (Å²) in [6.07, 6.45) is 0.877. The van der Waals surface area contributed by atoms with E-state index in [9.17, 15) is 13.2 Å². The van der Waals surface area contributed by atoms with Crippen molar-refractivity contribution < 1.29 is 17.9 Å². The molecule has 0 unspecified atom stereocenters. The van der Waals surface area contributed by atoms with E-state index >= 15 is 0 Å². The molecule has 2 N–H and O–H groups in total. The van der Waals surface area contributed by atoms with Crippen molar-refractivity contribution in [3.05, 3.63) is 65.2 Å². The van der Waals surface area contributed by atoms with Crippen molar-refractivity contribution in [2.24, 2.45) is 5.73 Å². The van der Waals surface area contributed by atoms with Crippen LogP contribution in [0.2, 0.25) is 0 Å². The van der Waals surface area contributed by atoms with E-state index in [0.717, 1.165) is 23.1 Å². The highest BCUT2D eigenvalue weighted by Gasteiger charge is 2.74. The van der Waals surface area contributed by atoms with Crippen LogP contribution < -0.4 is 5.73 Å². The van der Waals surface area contributed by atoms with Crippen LogP contribution in [0, 0.1) is 6.92 Å². The average Bonchev–Trinajstić information content (AvgIpc) is 3.31. The molecule has 2 aromatic carbocycles. The average molecular weight is 388 g/mol. The van der Waals surface area contributed by atoms with Gasteiger partial charge in [-0.3, -0.25) is 0 Å². The number of esters is 1. The van der Waals surface area contributed by atoms with E-state index < -0.39 is 32.5 Å². The minimum Gasteiger partial charge on any atom is -0.465 e. The van der Waals surface area contributed by atoms with E-state index in [0.29, 0.717) is 0 Å². The third-order valence-electron chi connectivity index (χ3n) is 5.24. The van der Waals surface area contributed by atoms with E-state index in [1.807, 2.05) is 38.1 Å². The van der Waals surface area contributed by atoms with Gasteiger partial charge in [-0.25, -0.2) is 13.2 Å². The quantitative estimate of drug-likeness (QED) is 0.770. The molecular formula is C21H25NO4S. The van der Waals surface area contributed by atoms with Crippen LogP contribution in [0.3, 0.4) is 0 Å². The standard InChI is InChI=1S/C21H25NO4S/c1-4-15-8-10-16(11-9-15)18-19(21(18,22)20(23)26-5-2)27(24,25)17-12-6-14(3)7-13-17/h6-13,18-19H,4-5,22H2,1-3H3/t18-,19+,21+/m1/s1. The molecule has 6 heteroatoms. The molecule has 144 valence electrons. The summed E-state index contributed by atoms with van der Waals surface area (Å²) in [5, 5.41) is -1.04. The number of sulfone groups is 1. The minimum atomic E-state index is -3.79. The van der Waals surface area contributed by atoms with Gasteiger partial charge in [-0.15, -0.1) is 0 Å². The van der Waals surface area contributed by atoms with Crippen molar-refractivity contribution in [1.82, 2.24) is 0 Å². The summed E-state index contributed by atoms with van der Waals surface area (Å²) in [6, 6.07) is 14.2. The molecule has 5 nitrogen and oxygen atoms in total. The number of aryl methyl sites for hydroxylation is 2. The Labute approximate surface area is 160 Å². The van der Waals surface area contributed by atoms with E-state index in [4.69, 9.17) is 10.5 Å². The van der Waals surface area contributed by atoms with E-state index in [-0.39, 0.29) is 11.5 Å². The van der Waals surface area contributed by atoms with Crippen molar-refractivity contribution >= 4 is 15.8 Å². The number of rotatable bonds is 6. The number of carbonyl (C=O) groups excluding carboxylic acids is 1. The molecule has 3 atom stereocenters. The Kier molecular flexibility index (Phi) is 5.14. The first-order valence-electron chi connectivity index (χ1n) is 9.12. The largest absolute Gasteiger partial charge is 0.465 e. The Bertz CT molecular complexity index is 935. The molecular weight excluding hydrogens is 362 g/mol. The van der Waals surface area contributed by atoms with Crippen LogP contribution >= 0.6 is 0 Å². The number of nitrogens with two attached hydrogens (primary N) is 1. The molecule has 1 saturated carbocycles. The van der Waals surface area contributed by atoms with Gasteiger partial charge in [0.25, 0.3) is 0 Å². The lowest BCUT2D eigenvalue weighted by Gasteiger charge is -2.11. The molecule has 0 aromatic heterocycles. The van der Waals surface area contributed by atoms with Gasteiger partial charge in [0.2, 0.25) is 0 Å². The van der Waals surface area contributed by atoms with E-state index in [2.05, 4.69) is 0 Å². The second-order valence-electron chi connectivity index (χ2n) is 7.00. The van der Waals surface area contributed by atoms with Crippen molar-refractivity contribution in [1.29, 1.82) is 0 Å². The molecule has 27 heavy (non-hydrogen) atoms. The van der Waals surface area contributed by atoms with Crippen LogP contribution in [0.4, 0.5) is 0 Å². The zero-order valence-corrected chi connectivity index (χ0v) is 16.6. The molecule has 0 saturated heterocycles. The number of hydrogen-bond donors (Lipinski definition) is 1. The highest BCUT2D eigenvalue weighted by molar-refractivity contribution is 7.92. The first kappa shape index (κ1) is 19.6. The Morgan fingerprint density at radius 3 is 2.19 bits per heavy atom. The first-order valence-corrected chi connectivity index (χ1v) is 10.7. The van der Waals surface area contributed by atoms with Crippen molar-refractivity contribution in [3.8, 4) is 0 Å². The topological polar surface area (TPSA) is 86.5 Å². The van der Waals surface area contributed by atoms with Gasteiger partial charge in [0.15, 0.2) is 9.84 Å². The molecule has 0 bridgehead atoms. The highest BCUT2D eigenvalue weighted by Crippen LogP contribution is 2.56. The Balaban J connectivity index is 2.04. The SMILES string of the molecule is CCOC(=O)[C@]1(N)[C@H](c2ccc(CC)cc2)[C@@H]1S(=O)(=O)c1ccc(C)cc1.